The molecule has 2 rings (SSSR count). The van der Waals surface area contributed by atoms with E-state index in [9.17, 15) is 9.18 Å². The summed E-state index contributed by atoms with van der Waals surface area (Å²) in [4.78, 5) is 13.5. The van der Waals surface area contributed by atoms with Crippen LogP contribution < -0.4 is 5.32 Å². The summed E-state index contributed by atoms with van der Waals surface area (Å²) in [5.74, 6) is -0.177. The SMILES string of the molecule is CC1NCCN(Cc2cccc(F)c2)C1=O. The number of rotatable bonds is 2. The van der Waals surface area contributed by atoms with E-state index in [4.69, 9.17) is 0 Å². The van der Waals surface area contributed by atoms with Gasteiger partial charge in [-0.1, -0.05) is 12.1 Å². The number of halogens is 1. The van der Waals surface area contributed by atoms with Crippen LogP contribution in [-0.4, -0.2) is 29.9 Å². The molecule has 4 heteroatoms. The summed E-state index contributed by atoms with van der Waals surface area (Å²) >= 11 is 0. The molecular formula is C12H15FN2O. The van der Waals surface area contributed by atoms with E-state index in [-0.39, 0.29) is 17.8 Å². The lowest BCUT2D eigenvalue weighted by molar-refractivity contribution is -0.135. The molecule has 0 aromatic heterocycles. The van der Waals surface area contributed by atoms with Gasteiger partial charge in [0.15, 0.2) is 0 Å². The van der Waals surface area contributed by atoms with E-state index in [1.54, 1.807) is 11.0 Å². The molecule has 1 amide bonds. The van der Waals surface area contributed by atoms with Gasteiger partial charge in [-0.05, 0) is 24.6 Å². The van der Waals surface area contributed by atoms with Crippen LogP contribution in [0, 0.1) is 5.82 Å². The number of hydrogen-bond acceptors (Lipinski definition) is 2. The summed E-state index contributed by atoms with van der Waals surface area (Å²) < 4.78 is 13.0. The number of hydrogen-bond donors (Lipinski definition) is 1. The highest BCUT2D eigenvalue weighted by molar-refractivity contribution is 5.82. The molecule has 0 spiro atoms. The van der Waals surface area contributed by atoms with Crippen molar-refractivity contribution in [1.29, 1.82) is 0 Å². The molecule has 1 aromatic carbocycles. The van der Waals surface area contributed by atoms with Gasteiger partial charge in [0.25, 0.3) is 0 Å². The Balaban J connectivity index is 2.06. The third-order valence-electron chi connectivity index (χ3n) is 2.78. The average Bonchev–Trinajstić information content (AvgIpc) is 2.25. The summed E-state index contributed by atoms with van der Waals surface area (Å²) in [6.07, 6.45) is 0. The Kier molecular flexibility index (Phi) is 3.19. The largest absolute Gasteiger partial charge is 0.336 e. The highest BCUT2D eigenvalue weighted by atomic mass is 19.1. The van der Waals surface area contributed by atoms with E-state index < -0.39 is 0 Å². The molecular weight excluding hydrogens is 207 g/mol. The first-order valence-electron chi connectivity index (χ1n) is 5.43. The molecule has 1 fully saturated rings. The molecule has 1 N–H and O–H groups in total. The summed E-state index contributed by atoms with van der Waals surface area (Å²) in [5.41, 5.74) is 0.836. The first kappa shape index (κ1) is 11.1. The van der Waals surface area contributed by atoms with E-state index in [0.717, 1.165) is 12.1 Å². The van der Waals surface area contributed by atoms with Crippen molar-refractivity contribution in [2.45, 2.75) is 19.5 Å². The Bertz CT molecular complexity index is 394. The van der Waals surface area contributed by atoms with Gasteiger partial charge in [-0.25, -0.2) is 4.39 Å². The standard InChI is InChI=1S/C12H15FN2O/c1-9-12(16)15(6-5-14-9)8-10-3-2-4-11(13)7-10/h2-4,7,9,14H,5-6,8H2,1H3. The Hall–Kier alpha value is -1.42. The predicted octanol–water partition coefficient (Wildman–Crippen LogP) is 1.15. The number of benzene rings is 1. The quantitative estimate of drug-likeness (QED) is 0.814. The van der Waals surface area contributed by atoms with Crippen molar-refractivity contribution >= 4 is 5.91 Å². The van der Waals surface area contributed by atoms with Gasteiger partial charge in [0.1, 0.15) is 5.82 Å². The van der Waals surface area contributed by atoms with Crippen LogP contribution in [0.3, 0.4) is 0 Å². The van der Waals surface area contributed by atoms with E-state index in [1.807, 2.05) is 13.0 Å². The molecule has 0 radical (unpaired) electrons. The Morgan fingerprint density at radius 3 is 3.12 bits per heavy atom. The second-order valence-corrected chi connectivity index (χ2v) is 4.07. The van der Waals surface area contributed by atoms with Crippen LogP contribution in [0.2, 0.25) is 0 Å². The van der Waals surface area contributed by atoms with Gasteiger partial charge in [-0.2, -0.15) is 0 Å². The van der Waals surface area contributed by atoms with Gasteiger partial charge in [-0.3, -0.25) is 4.79 Å². The van der Waals surface area contributed by atoms with Crippen molar-refractivity contribution in [3.8, 4) is 0 Å². The third-order valence-corrected chi connectivity index (χ3v) is 2.78. The van der Waals surface area contributed by atoms with Gasteiger partial charge in [-0.15, -0.1) is 0 Å². The lowest BCUT2D eigenvalue weighted by Crippen LogP contribution is -2.53. The normalized spacial score (nSPS) is 21.2. The second-order valence-electron chi connectivity index (χ2n) is 4.07. The first-order valence-corrected chi connectivity index (χ1v) is 5.43. The highest BCUT2D eigenvalue weighted by Gasteiger charge is 2.24. The van der Waals surface area contributed by atoms with Crippen LogP contribution in [0.15, 0.2) is 24.3 Å². The molecule has 1 aliphatic heterocycles. The number of piperazine rings is 1. The molecule has 1 aliphatic rings. The lowest BCUT2D eigenvalue weighted by Gasteiger charge is -2.31. The minimum absolute atomic E-state index is 0.0792. The Labute approximate surface area is 94.3 Å². The average molecular weight is 222 g/mol. The zero-order chi connectivity index (χ0) is 11.5. The van der Waals surface area contributed by atoms with Crippen molar-refractivity contribution in [2.24, 2.45) is 0 Å². The first-order chi connectivity index (χ1) is 7.66. The molecule has 1 saturated heterocycles. The number of nitrogens with one attached hydrogen (secondary N) is 1. The maximum Gasteiger partial charge on any atom is 0.239 e. The summed E-state index contributed by atoms with van der Waals surface area (Å²) in [6.45, 7) is 3.81. The van der Waals surface area contributed by atoms with Crippen molar-refractivity contribution < 1.29 is 9.18 Å². The maximum absolute atomic E-state index is 13.0. The lowest BCUT2D eigenvalue weighted by atomic mass is 10.1. The zero-order valence-corrected chi connectivity index (χ0v) is 9.24. The fourth-order valence-electron chi connectivity index (χ4n) is 1.90. The van der Waals surface area contributed by atoms with Gasteiger partial charge in [0, 0.05) is 19.6 Å². The summed E-state index contributed by atoms with van der Waals surface area (Å²) in [7, 11) is 0. The van der Waals surface area contributed by atoms with Crippen molar-refractivity contribution in [1.82, 2.24) is 10.2 Å². The van der Waals surface area contributed by atoms with Crippen molar-refractivity contribution in [2.75, 3.05) is 13.1 Å². The van der Waals surface area contributed by atoms with Crippen LogP contribution in [0.25, 0.3) is 0 Å². The molecule has 0 saturated carbocycles. The number of amides is 1. The molecule has 1 atom stereocenters. The van der Waals surface area contributed by atoms with E-state index >= 15 is 0 Å². The van der Waals surface area contributed by atoms with Crippen molar-refractivity contribution in [3.05, 3.63) is 35.6 Å². The number of nitrogens with zero attached hydrogens (tertiary/aromatic N) is 1. The zero-order valence-electron chi connectivity index (χ0n) is 9.24. The minimum Gasteiger partial charge on any atom is -0.336 e. The molecule has 3 nitrogen and oxygen atoms in total. The predicted molar refractivity (Wildman–Crippen MR) is 59.3 cm³/mol. The maximum atomic E-state index is 13.0. The van der Waals surface area contributed by atoms with Crippen LogP contribution >= 0.6 is 0 Å². The van der Waals surface area contributed by atoms with Gasteiger partial charge in [0.05, 0.1) is 6.04 Å². The fourth-order valence-corrected chi connectivity index (χ4v) is 1.90. The van der Waals surface area contributed by atoms with Crippen LogP contribution in [0.5, 0.6) is 0 Å². The topological polar surface area (TPSA) is 32.3 Å². The molecule has 1 aromatic rings. The molecule has 1 unspecified atom stereocenters. The number of carbonyl (C=O) groups excluding carboxylic acids is 1. The fraction of sp³-hybridized carbons (Fsp3) is 0.417. The van der Waals surface area contributed by atoms with Gasteiger partial charge < -0.3 is 10.2 Å². The van der Waals surface area contributed by atoms with Gasteiger partial charge in [0.2, 0.25) is 5.91 Å². The molecule has 0 bridgehead atoms. The van der Waals surface area contributed by atoms with E-state index in [0.29, 0.717) is 13.1 Å². The van der Waals surface area contributed by atoms with E-state index in [2.05, 4.69) is 5.32 Å². The Morgan fingerprint density at radius 2 is 2.38 bits per heavy atom. The summed E-state index contributed by atoms with van der Waals surface area (Å²) in [5, 5.41) is 3.09. The van der Waals surface area contributed by atoms with Crippen LogP contribution in [0.4, 0.5) is 4.39 Å². The minimum atomic E-state index is -0.256. The smallest absolute Gasteiger partial charge is 0.239 e. The molecule has 0 aliphatic carbocycles. The molecule has 16 heavy (non-hydrogen) atoms. The van der Waals surface area contributed by atoms with Crippen molar-refractivity contribution in [3.63, 3.8) is 0 Å². The summed E-state index contributed by atoms with van der Waals surface area (Å²) in [6, 6.07) is 6.25. The third kappa shape index (κ3) is 2.39. The molecule has 86 valence electrons. The Morgan fingerprint density at radius 1 is 1.56 bits per heavy atom. The van der Waals surface area contributed by atoms with Gasteiger partial charge >= 0.3 is 0 Å². The van der Waals surface area contributed by atoms with Crippen LogP contribution in [-0.2, 0) is 11.3 Å². The van der Waals surface area contributed by atoms with Crippen LogP contribution in [0.1, 0.15) is 12.5 Å². The monoisotopic (exact) mass is 222 g/mol. The highest BCUT2D eigenvalue weighted by Crippen LogP contribution is 2.10. The van der Waals surface area contributed by atoms with E-state index in [1.165, 1.54) is 12.1 Å². The second kappa shape index (κ2) is 4.61. The molecule has 1 heterocycles. The number of carbonyl (C=O) groups is 1.